The molecule has 3 nitrogen and oxygen atoms in total. The monoisotopic (exact) mass is 168 g/mol. The van der Waals surface area contributed by atoms with Crippen molar-refractivity contribution in [3.63, 3.8) is 0 Å². The molecular weight excluding hydrogens is 156 g/mol. The van der Waals surface area contributed by atoms with E-state index in [1.165, 1.54) is 0 Å². The molecule has 0 aliphatic carbocycles. The van der Waals surface area contributed by atoms with E-state index in [-0.39, 0.29) is 18.6 Å². The molecule has 3 atom stereocenters. The van der Waals surface area contributed by atoms with Crippen molar-refractivity contribution in [2.24, 2.45) is 5.92 Å². The molecule has 2 heterocycles. The molecule has 2 aliphatic rings. The minimum atomic E-state index is -0.707. The second-order valence-corrected chi connectivity index (χ2v) is 3.45. The SMILES string of the molecule is O=C(O)CCC1CC2C=CC1O2. The van der Waals surface area contributed by atoms with Crippen LogP contribution in [0.25, 0.3) is 0 Å². The van der Waals surface area contributed by atoms with Crippen molar-refractivity contribution in [3.05, 3.63) is 12.2 Å². The molecule has 0 aromatic rings. The Bertz CT molecular complexity index is 222. The third kappa shape index (κ3) is 1.37. The Balaban J connectivity index is 1.83. The van der Waals surface area contributed by atoms with Crippen molar-refractivity contribution in [2.45, 2.75) is 31.5 Å². The number of fused-ring (bicyclic) bond motifs is 2. The molecule has 66 valence electrons. The summed E-state index contributed by atoms with van der Waals surface area (Å²) in [6, 6.07) is 0. The zero-order chi connectivity index (χ0) is 8.55. The van der Waals surface area contributed by atoms with E-state index >= 15 is 0 Å². The summed E-state index contributed by atoms with van der Waals surface area (Å²) in [6.45, 7) is 0. The average Bonchev–Trinajstić information content (AvgIpc) is 2.60. The number of hydrogen-bond donors (Lipinski definition) is 1. The smallest absolute Gasteiger partial charge is 0.303 e. The third-order valence-electron chi connectivity index (χ3n) is 2.58. The number of carboxylic acids is 1. The highest BCUT2D eigenvalue weighted by Crippen LogP contribution is 2.36. The lowest BCUT2D eigenvalue weighted by Crippen LogP contribution is -2.14. The first-order valence-electron chi connectivity index (χ1n) is 4.31. The fraction of sp³-hybridized carbons (Fsp3) is 0.667. The zero-order valence-corrected chi connectivity index (χ0v) is 6.77. The highest BCUT2D eigenvalue weighted by Gasteiger charge is 2.36. The number of rotatable bonds is 3. The first-order chi connectivity index (χ1) is 5.75. The summed E-state index contributed by atoms with van der Waals surface area (Å²) in [5.41, 5.74) is 0. The minimum Gasteiger partial charge on any atom is -0.481 e. The Labute approximate surface area is 71.0 Å². The van der Waals surface area contributed by atoms with Crippen LogP contribution in [-0.2, 0) is 9.53 Å². The molecule has 2 aliphatic heterocycles. The molecule has 3 unspecified atom stereocenters. The third-order valence-corrected chi connectivity index (χ3v) is 2.58. The van der Waals surface area contributed by atoms with E-state index in [1.807, 2.05) is 0 Å². The molecule has 2 rings (SSSR count). The van der Waals surface area contributed by atoms with E-state index in [2.05, 4.69) is 12.2 Å². The summed E-state index contributed by atoms with van der Waals surface area (Å²) >= 11 is 0. The molecule has 2 bridgehead atoms. The van der Waals surface area contributed by atoms with Crippen molar-refractivity contribution in [1.29, 1.82) is 0 Å². The van der Waals surface area contributed by atoms with Gasteiger partial charge in [0.15, 0.2) is 0 Å². The van der Waals surface area contributed by atoms with Crippen molar-refractivity contribution in [2.75, 3.05) is 0 Å². The van der Waals surface area contributed by atoms with Gasteiger partial charge >= 0.3 is 5.97 Å². The normalized spacial score (nSPS) is 37.5. The molecule has 0 spiro atoms. The van der Waals surface area contributed by atoms with E-state index in [4.69, 9.17) is 9.84 Å². The van der Waals surface area contributed by atoms with Crippen LogP contribution in [0.5, 0.6) is 0 Å². The molecule has 0 amide bonds. The molecule has 3 heteroatoms. The van der Waals surface area contributed by atoms with E-state index in [0.29, 0.717) is 5.92 Å². The Morgan fingerprint density at radius 1 is 1.58 bits per heavy atom. The van der Waals surface area contributed by atoms with Crippen LogP contribution in [0.3, 0.4) is 0 Å². The van der Waals surface area contributed by atoms with Gasteiger partial charge in [-0.05, 0) is 18.8 Å². The molecular formula is C9H12O3. The predicted octanol–water partition coefficient (Wildman–Crippen LogP) is 1.19. The van der Waals surface area contributed by atoms with Gasteiger partial charge in [-0.2, -0.15) is 0 Å². The van der Waals surface area contributed by atoms with Crippen molar-refractivity contribution in [1.82, 2.24) is 0 Å². The maximum Gasteiger partial charge on any atom is 0.303 e. The van der Waals surface area contributed by atoms with Crippen LogP contribution in [0.1, 0.15) is 19.3 Å². The Morgan fingerprint density at radius 3 is 2.92 bits per heavy atom. The summed E-state index contributed by atoms with van der Waals surface area (Å²) in [7, 11) is 0. The Hall–Kier alpha value is -0.830. The van der Waals surface area contributed by atoms with E-state index in [9.17, 15) is 4.79 Å². The quantitative estimate of drug-likeness (QED) is 0.644. The Kier molecular flexibility index (Phi) is 1.89. The summed E-state index contributed by atoms with van der Waals surface area (Å²) in [5, 5.41) is 8.49. The van der Waals surface area contributed by atoms with Crippen LogP contribution in [0.4, 0.5) is 0 Å². The van der Waals surface area contributed by atoms with E-state index in [1.54, 1.807) is 0 Å². The van der Waals surface area contributed by atoms with Gasteiger partial charge < -0.3 is 9.84 Å². The number of hydrogen-bond acceptors (Lipinski definition) is 2. The first kappa shape index (κ1) is 7.80. The van der Waals surface area contributed by atoms with Crippen LogP contribution in [0.2, 0.25) is 0 Å². The first-order valence-corrected chi connectivity index (χ1v) is 4.31. The van der Waals surface area contributed by atoms with Gasteiger partial charge in [-0.15, -0.1) is 0 Å². The van der Waals surface area contributed by atoms with E-state index < -0.39 is 5.97 Å². The highest BCUT2D eigenvalue weighted by molar-refractivity contribution is 5.66. The second-order valence-electron chi connectivity index (χ2n) is 3.45. The minimum absolute atomic E-state index is 0.203. The maximum absolute atomic E-state index is 10.3. The zero-order valence-electron chi connectivity index (χ0n) is 6.77. The number of carboxylic acid groups (broad SMARTS) is 1. The summed E-state index contributed by atoms with van der Waals surface area (Å²) in [5.74, 6) is -0.266. The topological polar surface area (TPSA) is 46.5 Å². The van der Waals surface area contributed by atoms with Crippen LogP contribution in [-0.4, -0.2) is 23.3 Å². The molecule has 1 saturated heterocycles. The average molecular weight is 168 g/mol. The number of aliphatic carboxylic acids is 1. The molecule has 0 saturated carbocycles. The van der Waals surface area contributed by atoms with Crippen LogP contribution in [0.15, 0.2) is 12.2 Å². The highest BCUT2D eigenvalue weighted by atomic mass is 16.5. The van der Waals surface area contributed by atoms with Gasteiger partial charge in [0.25, 0.3) is 0 Å². The fourth-order valence-corrected chi connectivity index (χ4v) is 1.95. The van der Waals surface area contributed by atoms with Gasteiger partial charge in [0, 0.05) is 6.42 Å². The summed E-state index contributed by atoms with van der Waals surface area (Å²) in [4.78, 5) is 10.3. The predicted molar refractivity (Wildman–Crippen MR) is 42.8 cm³/mol. The Morgan fingerprint density at radius 2 is 2.42 bits per heavy atom. The van der Waals surface area contributed by atoms with Crippen LogP contribution < -0.4 is 0 Å². The summed E-state index contributed by atoms with van der Waals surface area (Å²) in [6.07, 6.45) is 6.63. The lowest BCUT2D eigenvalue weighted by molar-refractivity contribution is -0.137. The molecule has 0 radical (unpaired) electrons. The van der Waals surface area contributed by atoms with Gasteiger partial charge in [-0.3, -0.25) is 4.79 Å². The van der Waals surface area contributed by atoms with Gasteiger partial charge in [-0.25, -0.2) is 0 Å². The fourth-order valence-electron chi connectivity index (χ4n) is 1.95. The summed E-state index contributed by atoms with van der Waals surface area (Å²) < 4.78 is 5.51. The molecule has 1 N–H and O–H groups in total. The molecule has 1 fully saturated rings. The van der Waals surface area contributed by atoms with Crippen molar-refractivity contribution in [3.8, 4) is 0 Å². The largest absolute Gasteiger partial charge is 0.481 e. The maximum atomic E-state index is 10.3. The van der Waals surface area contributed by atoms with Gasteiger partial charge in [0.05, 0.1) is 12.2 Å². The van der Waals surface area contributed by atoms with Crippen molar-refractivity contribution >= 4 is 5.97 Å². The van der Waals surface area contributed by atoms with E-state index in [0.717, 1.165) is 12.8 Å². The lowest BCUT2D eigenvalue weighted by Gasteiger charge is -2.13. The molecule has 12 heavy (non-hydrogen) atoms. The van der Waals surface area contributed by atoms with Gasteiger partial charge in [0.1, 0.15) is 0 Å². The molecule has 0 aromatic heterocycles. The number of ether oxygens (including phenoxy) is 1. The van der Waals surface area contributed by atoms with Crippen LogP contribution >= 0.6 is 0 Å². The standard InChI is InChI=1S/C9H12O3/c10-9(11)4-1-6-5-7-2-3-8(6)12-7/h2-3,6-8H,1,4-5H2,(H,10,11). The molecule has 0 aromatic carbocycles. The van der Waals surface area contributed by atoms with Crippen LogP contribution in [0, 0.1) is 5.92 Å². The van der Waals surface area contributed by atoms with Crippen molar-refractivity contribution < 1.29 is 14.6 Å². The second kappa shape index (κ2) is 2.90. The van der Waals surface area contributed by atoms with Gasteiger partial charge in [0.2, 0.25) is 0 Å². The van der Waals surface area contributed by atoms with Gasteiger partial charge in [-0.1, -0.05) is 12.2 Å². The lowest BCUT2D eigenvalue weighted by atomic mass is 9.90. The number of carbonyl (C=O) groups is 1.